The molecule has 0 N–H and O–H groups in total. The van der Waals surface area contributed by atoms with E-state index in [1.54, 1.807) is 42.5 Å². The predicted octanol–water partition coefficient (Wildman–Crippen LogP) is 8.08. The van der Waals surface area contributed by atoms with Gasteiger partial charge in [0.25, 0.3) is 0 Å². The lowest BCUT2D eigenvalue weighted by Crippen LogP contribution is -1.97. The topological polar surface area (TPSA) is 33.0 Å². The van der Waals surface area contributed by atoms with Gasteiger partial charge in [0.2, 0.25) is 0 Å². The number of benzene rings is 3. The first kappa shape index (κ1) is 21.5. The molecule has 0 unspecified atom stereocenters. The largest absolute Gasteiger partial charge is 0.486 e. The van der Waals surface area contributed by atoms with Crippen molar-refractivity contribution in [3.05, 3.63) is 97.2 Å². The van der Waals surface area contributed by atoms with Gasteiger partial charge < -0.3 is 4.74 Å². The van der Waals surface area contributed by atoms with Gasteiger partial charge in [0.15, 0.2) is 5.75 Å². The van der Waals surface area contributed by atoms with Crippen LogP contribution in [0.3, 0.4) is 0 Å². The van der Waals surface area contributed by atoms with Gasteiger partial charge in [-0.25, -0.2) is 4.39 Å². The molecule has 146 valence electrons. The molecule has 0 aliphatic carbocycles. The van der Waals surface area contributed by atoms with Crippen LogP contribution in [0.2, 0.25) is 20.1 Å². The predicted molar refractivity (Wildman–Crippen MR) is 117 cm³/mol. The van der Waals surface area contributed by atoms with Gasteiger partial charge in [0, 0.05) is 5.56 Å². The fourth-order valence-electron chi connectivity index (χ4n) is 2.60. The van der Waals surface area contributed by atoms with E-state index in [4.69, 9.17) is 51.1 Å². The minimum Gasteiger partial charge on any atom is -0.486 e. The lowest BCUT2D eigenvalue weighted by atomic mass is 10.0. The van der Waals surface area contributed by atoms with Crippen LogP contribution in [0.25, 0.3) is 11.6 Å². The number of nitrogens with zero attached hydrogens (tertiary/aromatic N) is 1. The summed E-state index contributed by atoms with van der Waals surface area (Å²) in [4.78, 5) is 0. The molecule has 0 spiro atoms. The van der Waals surface area contributed by atoms with E-state index in [2.05, 4.69) is 0 Å². The quantitative estimate of drug-likeness (QED) is 0.281. The van der Waals surface area contributed by atoms with Crippen LogP contribution < -0.4 is 4.74 Å². The third-order valence-corrected chi connectivity index (χ3v) is 5.28. The first-order valence-electron chi connectivity index (χ1n) is 8.31. The minimum absolute atomic E-state index is 0.153. The van der Waals surface area contributed by atoms with Crippen molar-refractivity contribution in [1.82, 2.24) is 0 Å². The van der Waals surface area contributed by atoms with Gasteiger partial charge in [-0.1, -0.05) is 70.7 Å². The molecule has 7 heteroatoms. The van der Waals surface area contributed by atoms with Gasteiger partial charge in [-0.2, -0.15) is 5.26 Å². The van der Waals surface area contributed by atoms with E-state index in [-0.39, 0.29) is 27.8 Å². The van der Waals surface area contributed by atoms with Crippen molar-refractivity contribution in [2.75, 3.05) is 0 Å². The second-order valence-electron chi connectivity index (χ2n) is 6.00. The molecule has 0 amide bonds. The zero-order valence-electron chi connectivity index (χ0n) is 14.7. The molecule has 0 atom stereocenters. The van der Waals surface area contributed by atoms with Crippen LogP contribution in [0.1, 0.15) is 16.7 Å². The Morgan fingerprint density at radius 2 is 1.62 bits per heavy atom. The van der Waals surface area contributed by atoms with Crippen LogP contribution in [0.4, 0.5) is 4.39 Å². The molecule has 0 saturated carbocycles. The summed E-state index contributed by atoms with van der Waals surface area (Å²) in [7, 11) is 0. The molecule has 3 rings (SSSR count). The van der Waals surface area contributed by atoms with Gasteiger partial charge in [-0.05, 0) is 47.5 Å². The first-order chi connectivity index (χ1) is 13.9. The molecule has 0 saturated heterocycles. The SMILES string of the molecule is N#C/C(=C/c1cc(Cl)c(OCc2ccc(Cl)c(Cl)c2)c(Cl)c1)c1ccccc1F. The second-order valence-corrected chi connectivity index (χ2v) is 7.63. The molecular weight excluding hydrogens is 455 g/mol. The van der Waals surface area contributed by atoms with E-state index in [9.17, 15) is 9.65 Å². The Bertz CT molecular complexity index is 1110. The normalized spacial score (nSPS) is 11.2. The Kier molecular flexibility index (Phi) is 7.05. The standard InChI is InChI=1S/C22H12Cl4FNO/c23-17-6-5-13(8-18(17)24)12-29-22-19(25)9-14(10-20(22)26)7-15(11-28)16-3-1-2-4-21(16)27/h1-10H,12H2/b15-7-. The van der Waals surface area contributed by atoms with Crippen LogP contribution in [0.15, 0.2) is 54.6 Å². The van der Waals surface area contributed by atoms with Crippen molar-refractivity contribution >= 4 is 58.1 Å². The maximum absolute atomic E-state index is 14.0. The molecule has 29 heavy (non-hydrogen) atoms. The molecule has 0 aromatic heterocycles. The second kappa shape index (κ2) is 9.52. The van der Waals surface area contributed by atoms with Gasteiger partial charge in [-0.15, -0.1) is 0 Å². The summed E-state index contributed by atoms with van der Waals surface area (Å²) >= 11 is 24.5. The van der Waals surface area contributed by atoms with Crippen LogP contribution in [-0.4, -0.2) is 0 Å². The van der Waals surface area contributed by atoms with Crippen molar-refractivity contribution in [1.29, 1.82) is 5.26 Å². The fraction of sp³-hybridized carbons (Fsp3) is 0.0455. The van der Waals surface area contributed by atoms with Crippen molar-refractivity contribution in [2.45, 2.75) is 6.61 Å². The van der Waals surface area contributed by atoms with E-state index in [1.807, 2.05) is 6.07 Å². The van der Waals surface area contributed by atoms with E-state index in [0.29, 0.717) is 21.4 Å². The Morgan fingerprint density at radius 3 is 2.24 bits per heavy atom. The maximum atomic E-state index is 14.0. The van der Waals surface area contributed by atoms with E-state index in [1.165, 1.54) is 18.2 Å². The zero-order chi connectivity index (χ0) is 21.0. The highest BCUT2D eigenvalue weighted by Gasteiger charge is 2.12. The molecule has 0 bridgehead atoms. The number of allylic oxidation sites excluding steroid dienone is 1. The Hall–Kier alpha value is -2.22. The molecule has 0 radical (unpaired) electrons. The molecule has 0 aliphatic rings. The number of nitriles is 1. The number of hydrogen-bond acceptors (Lipinski definition) is 2. The average molecular weight is 467 g/mol. The smallest absolute Gasteiger partial charge is 0.157 e. The number of rotatable bonds is 5. The highest BCUT2D eigenvalue weighted by atomic mass is 35.5. The van der Waals surface area contributed by atoms with E-state index in [0.717, 1.165) is 5.56 Å². The van der Waals surface area contributed by atoms with Crippen molar-refractivity contribution < 1.29 is 9.13 Å². The monoisotopic (exact) mass is 465 g/mol. The molecule has 0 fully saturated rings. The third kappa shape index (κ3) is 5.23. The van der Waals surface area contributed by atoms with Crippen molar-refractivity contribution in [2.24, 2.45) is 0 Å². The van der Waals surface area contributed by atoms with Crippen LogP contribution in [0, 0.1) is 17.1 Å². The molecular formula is C22H12Cl4FNO. The highest BCUT2D eigenvalue weighted by Crippen LogP contribution is 2.36. The third-order valence-electron chi connectivity index (χ3n) is 3.98. The summed E-state index contributed by atoms with van der Waals surface area (Å²) in [5.74, 6) is -0.194. The van der Waals surface area contributed by atoms with Gasteiger partial charge in [0.05, 0.1) is 31.7 Å². The van der Waals surface area contributed by atoms with Crippen LogP contribution in [0.5, 0.6) is 5.75 Å². The van der Waals surface area contributed by atoms with Crippen LogP contribution in [-0.2, 0) is 6.61 Å². The lowest BCUT2D eigenvalue weighted by molar-refractivity contribution is 0.306. The first-order valence-corrected chi connectivity index (χ1v) is 9.82. The minimum atomic E-state index is -0.487. The Morgan fingerprint density at radius 1 is 0.931 bits per heavy atom. The number of hydrogen-bond donors (Lipinski definition) is 0. The average Bonchev–Trinajstić information content (AvgIpc) is 2.69. The van der Waals surface area contributed by atoms with Gasteiger partial charge in [0.1, 0.15) is 12.4 Å². The van der Waals surface area contributed by atoms with Crippen molar-refractivity contribution in [3.8, 4) is 11.8 Å². The summed E-state index contributed by atoms with van der Waals surface area (Å²) < 4.78 is 19.7. The Balaban J connectivity index is 1.86. The zero-order valence-corrected chi connectivity index (χ0v) is 17.7. The summed E-state index contributed by atoms with van der Waals surface area (Å²) in [5.41, 5.74) is 1.69. The summed E-state index contributed by atoms with van der Waals surface area (Å²) in [6, 6.07) is 16.4. The molecule has 0 aliphatic heterocycles. The van der Waals surface area contributed by atoms with Gasteiger partial charge in [-0.3, -0.25) is 0 Å². The molecule has 3 aromatic carbocycles. The van der Waals surface area contributed by atoms with Crippen molar-refractivity contribution in [3.63, 3.8) is 0 Å². The summed E-state index contributed by atoms with van der Waals surface area (Å²) in [5, 5.41) is 10.8. The number of halogens is 5. The summed E-state index contributed by atoms with van der Waals surface area (Å²) in [6.07, 6.45) is 1.51. The van der Waals surface area contributed by atoms with E-state index < -0.39 is 5.82 Å². The molecule has 0 heterocycles. The highest BCUT2D eigenvalue weighted by molar-refractivity contribution is 6.42. The van der Waals surface area contributed by atoms with Gasteiger partial charge >= 0.3 is 0 Å². The number of ether oxygens (including phenoxy) is 1. The molecule has 2 nitrogen and oxygen atoms in total. The maximum Gasteiger partial charge on any atom is 0.157 e. The Labute approximate surface area is 187 Å². The van der Waals surface area contributed by atoms with Crippen LogP contribution >= 0.6 is 46.4 Å². The molecule has 3 aromatic rings. The fourth-order valence-corrected chi connectivity index (χ4v) is 3.54. The summed E-state index contributed by atoms with van der Waals surface area (Å²) in [6.45, 7) is 0.185. The lowest BCUT2D eigenvalue weighted by Gasteiger charge is -2.12. The van der Waals surface area contributed by atoms with E-state index >= 15 is 0 Å².